The van der Waals surface area contributed by atoms with Crippen molar-refractivity contribution in [2.75, 3.05) is 6.61 Å². The first-order chi connectivity index (χ1) is 8.52. The van der Waals surface area contributed by atoms with Crippen molar-refractivity contribution >= 4 is 5.91 Å². The number of aryl methyl sites for hydroxylation is 2. The van der Waals surface area contributed by atoms with Crippen LogP contribution in [-0.4, -0.2) is 18.6 Å². The Balaban J connectivity index is 2.37. The molecular formula is C15H23NO2. The monoisotopic (exact) mass is 249 g/mol. The van der Waals surface area contributed by atoms with Crippen molar-refractivity contribution in [2.45, 2.75) is 46.6 Å². The molecule has 0 heterocycles. The van der Waals surface area contributed by atoms with Crippen LogP contribution < -0.4 is 10.1 Å². The summed E-state index contributed by atoms with van der Waals surface area (Å²) in [5.74, 6) is 0.918. The second kappa shape index (κ2) is 7.04. The summed E-state index contributed by atoms with van der Waals surface area (Å²) in [7, 11) is 0. The van der Waals surface area contributed by atoms with Crippen LogP contribution in [0.25, 0.3) is 0 Å². The number of carbonyl (C=O) groups excluding carboxylic acids is 1. The van der Waals surface area contributed by atoms with Gasteiger partial charge in [0.1, 0.15) is 5.75 Å². The fourth-order valence-corrected chi connectivity index (χ4v) is 1.57. The van der Waals surface area contributed by atoms with Crippen LogP contribution in [0.5, 0.6) is 5.75 Å². The molecule has 0 unspecified atom stereocenters. The summed E-state index contributed by atoms with van der Waals surface area (Å²) in [5.41, 5.74) is 2.27. The first-order valence-corrected chi connectivity index (χ1v) is 6.52. The maximum absolute atomic E-state index is 11.6. The number of hydrogen-bond donors (Lipinski definition) is 1. The van der Waals surface area contributed by atoms with Crippen LogP contribution in [0.2, 0.25) is 0 Å². The minimum absolute atomic E-state index is 0.0506. The average Bonchev–Trinajstić information content (AvgIpc) is 2.33. The van der Waals surface area contributed by atoms with E-state index in [1.54, 1.807) is 0 Å². The molecule has 0 spiro atoms. The molecule has 1 rings (SSSR count). The summed E-state index contributed by atoms with van der Waals surface area (Å²) < 4.78 is 5.64. The maximum atomic E-state index is 11.6. The molecule has 1 atom stereocenters. The number of carbonyl (C=O) groups is 1. The standard InChI is InChI=1S/C15H23NO2/c1-5-13(4)16-15(17)8-9-18-14-10-11(2)6-7-12(14)3/h6-7,10,13H,5,8-9H2,1-4H3,(H,16,17)/t13-/m1/s1. The third kappa shape index (κ3) is 4.78. The second-order valence-corrected chi connectivity index (χ2v) is 4.74. The minimum Gasteiger partial charge on any atom is -0.493 e. The van der Waals surface area contributed by atoms with Crippen LogP contribution in [0.1, 0.15) is 37.8 Å². The van der Waals surface area contributed by atoms with E-state index in [2.05, 4.69) is 18.3 Å². The van der Waals surface area contributed by atoms with E-state index in [0.717, 1.165) is 17.7 Å². The Morgan fingerprint density at radius 3 is 2.78 bits per heavy atom. The summed E-state index contributed by atoms with van der Waals surface area (Å²) in [6.45, 7) is 8.52. The highest BCUT2D eigenvalue weighted by Gasteiger charge is 2.06. The molecule has 0 aliphatic rings. The zero-order valence-electron chi connectivity index (χ0n) is 11.7. The van der Waals surface area contributed by atoms with Crippen LogP contribution >= 0.6 is 0 Å². The van der Waals surface area contributed by atoms with Gasteiger partial charge in [-0.05, 0) is 44.4 Å². The van der Waals surface area contributed by atoms with E-state index in [4.69, 9.17) is 4.74 Å². The molecule has 3 heteroatoms. The highest BCUT2D eigenvalue weighted by Crippen LogP contribution is 2.19. The van der Waals surface area contributed by atoms with Crippen LogP contribution in [0, 0.1) is 13.8 Å². The van der Waals surface area contributed by atoms with E-state index in [0.29, 0.717) is 13.0 Å². The second-order valence-electron chi connectivity index (χ2n) is 4.74. The Kier molecular flexibility index (Phi) is 5.69. The topological polar surface area (TPSA) is 38.3 Å². The molecular weight excluding hydrogens is 226 g/mol. The van der Waals surface area contributed by atoms with Gasteiger partial charge < -0.3 is 10.1 Å². The molecule has 0 saturated carbocycles. The van der Waals surface area contributed by atoms with Crippen molar-refractivity contribution in [1.82, 2.24) is 5.32 Å². The van der Waals surface area contributed by atoms with Gasteiger partial charge in [0.2, 0.25) is 5.91 Å². The summed E-state index contributed by atoms with van der Waals surface area (Å²) in [6, 6.07) is 6.32. The zero-order chi connectivity index (χ0) is 13.5. The van der Waals surface area contributed by atoms with Gasteiger partial charge in [0.15, 0.2) is 0 Å². The van der Waals surface area contributed by atoms with Gasteiger partial charge in [-0.2, -0.15) is 0 Å². The quantitative estimate of drug-likeness (QED) is 0.841. The summed E-state index contributed by atoms with van der Waals surface area (Å²) in [5, 5.41) is 2.92. The number of hydrogen-bond acceptors (Lipinski definition) is 2. The molecule has 1 N–H and O–H groups in total. The van der Waals surface area contributed by atoms with Crippen molar-refractivity contribution in [2.24, 2.45) is 0 Å². The van der Waals surface area contributed by atoms with Crippen molar-refractivity contribution < 1.29 is 9.53 Å². The summed E-state index contributed by atoms with van der Waals surface area (Å²) in [4.78, 5) is 11.6. The van der Waals surface area contributed by atoms with Crippen molar-refractivity contribution in [3.63, 3.8) is 0 Å². The zero-order valence-corrected chi connectivity index (χ0v) is 11.7. The van der Waals surface area contributed by atoms with Crippen LogP contribution in [0.15, 0.2) is 18.2 Å². The predicted octanol–water partition coefficient (Wildman–Crippen LogP) is 2.99. The van der Waals surface area contributed by atoms with E-state index in [9.17, 15) is 4.79 Å². The molecule has 1 aromatic rings. The van der Waals surface area contributed by atoms with Gasteiger partial charge in [0.25, 0.3) is 0 Å². The van der Waals surface area contributed by atoms with E-state index >= 15 is 0 Å². The van der Waals surface area contributed by atoms with Crippen molar-refractivity contribution in [3.05, 3.63) is 29.3 Å². The van der Waals surface area contributed by atoms with Crippen molar-refractivity contribution in [1.29, 1.82) is 0 Å². The molecule has 0 fully saturated rings. The van der Waals surface area contributed by atoms with Gasteiger partial charge in [-0.3, -0.25) is 4.79 Å². The Hall–Kier alpha value is -1.51. The largest absolute Gasteiger partial charge is 0.493 e. The van der Waals surface area contributed by atoms with Gasteiger partial charge >= 0.3 is 0 Å². The molecule has 100 valence electrons. The minimum atomic E-state index is 0.0506. The third-order valence-corrected chi connectivity index (χ3v) is 2.95. The Labute approximate surface area is 110 Å². The van der Waals surface area contributed by atoms with Crippen molar-refractivity contribution in [3.8, 4) is 5.75 Å². The van der Waals surface area contributed by atoms with Crippen LogP contribution in [0.3, 0.4) is 0 Å². The fourth-order valence-electron chi connectivity index (χ4n) is 1.57. The van der Waals surface area contributed by atoms with E-state index in [1.807, 2.05) is 32.9 Å². The third-order valence-electron chi connectivity index (χ3n) is 2.95. The predicted molar refractivity (Wildman–Crippen MR) is 73.9 cm³/mol. The lowest BCUT2D eigenvalue weighted by Gasteiger charge is -2.12. The maximum Gasteiger partial charge on any atom is 0.223 e. The van der Waals surface area contributed by atoms with E-state index in [-0.39, 0.29) is 11.9 Å². The number of amides is 1. The molecule has 0 aliphatic heterocycles. The highest BCUT2D eigenvalue weighted by molar-refractivity contribution is 5.76. The molecule has 0 bridgehead atoms. The van der Waals surface area contributed by atoms with Gasteiger partial charge in [-0.25, -0.2) is 0 Å². The van der Waals surface area contributed by atoms with E-state index < -0.39 is 0 Å². The molecule has 1 amide bonds. The van der Waals surface area contributed by atoms with Gasteiger partial charge in [-0.1, -0.05) is 19.1 Å². The Morgan fingerprint density at radius 1 is 1.39 bits per heavy atom. The summed E-state index contributed by atoms with van der Waals surface area (Å²) >= 11 is 0. The molecule has 1 aromatic carbocycles. The number of nitrogens with one attached hydrogen (secondary N) is 1. The highest BCUT2D eigenvalue weighted by atomic mass is 16.5. The molecule has 3 nitrogen and oxygen atoms in total. The smallest absolute Gasteiger partial charge is 0.223 e. The van der Waals surface area contributed by atoms with Crippen LogP contribution in [0.4, 0.5) is 0 Å². The average molecular weight is 249 g/mol. The molecule has 0 aliphatic carbocycles. The first-order valence-electron chi connectivity index (χ1n) is 6.52. The number of ether oxygens (including phenoxy) is 1. The van der Waals surface area contributed by atoms with Gasteiger partial charge in [0, 0.05) is 6.04 Å². The SMILES string of the molecule is CC[C@@H](C)NC(=O)CCOc1cc(C)ccc1C. The van der Waals surface area contributed by atoms with Gasteiger partial charge in [-0.15, -0.1) is 0 Å². The summed E-state index contributed by atoms with van der Waals surface area (Å²) in [6.07, 6.45) is 1.35. The van der Waals surface area contributed by atoms with E-state index in [1.165, 1.54) is 5.56 Å². The molecule has 18 heavy (non-hydrogen) atoms. The normalized spacial score (nSPS) is 12.0. The fraction of sp³-hybridized carbons (Fsp3) is 0.533. The first kappa shape index (κ1) is 14.6. The molecule has 0 radical (unpaired) electrons. The van der Waals surface area contributed by atoms with Gasteiger partial charge in [0.05, 0.1) is 13.0 Å². The lowest BCUT2D eigenvalue weighted by atomic mass is 10.1. The lowest BCUT2D eigenvalue weighted by Crippen LogP contribution is -2.32. The van der Waals surface area contributed by atoms with Crippen LogP contribution in [-0.2, 0) is 4.79 Å². The molecule has 0 aromatic heterocycles. The Morgan fingerprint density at radius 2 is 2.11 bits per heavy atom. The molecule has 0 saturated heterocycles. The Bertz CT molecular complexity index is 401. The number of benzene rings is 1. The lowest BCUT2D eigenvalue weighted by molar-refractivity contribution is -0.122. The number of rotatable bonds is 6.